The largest absolute Gasteiger partial charge is 0.476 e. The first kappa shape index (κ1) is 11.9. The van der Waals surface area contributed by atoms with Crippen LogP contribution in [0.2, 0.25) is 0 Å². The maximum Gasteiger partial charge on any atom is 0.245 e. The highest BCUT2D eigenvalue weighted by atomic mass is 32.1. The summed E-state index contributed by atoms with van der Waals surface area (Å²) in [4.78, 5) is 13.9. The Hall–Kier alpha value is -2.21. The number of hydrogen-bond donors (Lipinski definition) is 1. The van der Waals surface area contributed by atoms with Crippen molar-refractivity contribution in [2.45, 2.75) is 6.92 Å². The van der Waals surface area contributed by atoms with Gasteiger partial charge in [-0.1, -0.05) is 6.07 Å². The predicted molar refractivity (Wildman–Crippen MR) is 76.2 cm³/mol. The third kappa shape index (κ3) is 2.22. The Morgan fingerprint density at radius 2 is 2.11 bits per heavy atom. The van der Waals surface area contributed by atoms with Crippen molar-refractivity contribution >= 4 is 28.3 Å². The van der Waals surface area contributed by atoms with Gasteiger partial charge in [0.05, 0.1) is 22.7 Å². The van der Waals surface area contributed by atoms with E-state index in [0.717, 1.165) is 10.6 Å². The van der Waals surface area contributed by atoms with E-state index in [-0.39, 0.29) is 5.95 Å². The number of fused-ring (bicyclic) bond motifs is 1. The average molecular weight is 272 g/mol. The second-order valence-electron chi connectivity index (χ2n) is 3.86. The summed E-state index contributed by atoms with van der Waals surface area (Å²) in [6.45, 7) is 2.41. The van der Waals surface area contributed by atoms with Crippen molar-refractivity contribution in [3.8, 4) is 16.5 Å². The zero-order valence-corrected chi connectivity index (χ0v) is 11.1. The summed E-state index contributed by atoms with van der Waals surface area (Å²) < 4.78 is 5.48. The summed E-state index contributed by atoms with van der Waals surface area (Å²) in [5.41, 5.74) is 7.88. The van der Waals surface area contributed by atoms with Crippen molar-refractivity contribution in [1.82, 2.24) is 15.0 Å². The molecule has 96 valence electrons. The minimum atomic E-state index is 0.196. The summed E-state index contributed by atoms with van der Waals surface area (Å²) in [6, 6.07) is 7.83. The third-order valence-corrected chi connectivity index (χ3v) is 3.47. The Balaban J connectivity index is 2.20. The molecule has 19 heavy (non-hydrogen) atoms. The van der Waals surface area contributed by atoms with Crippen LogP contribution in [0.15, 0.2) is 29.6 Å². The van der Waals surface area contributed by atoms with E-state index >= 15 is 0 Å². The molecule has 0 radical (unpaired) electrons. The quantitative estimate of drug-likeness (QED) is 0.793. The van der Waals surface area contributed by atoms with Gasteiger partial charge in [-0.15, -0.1) is 11.3 Å². The lowest BCUT2D eigenvalue weighted by Gasteiger charge is -2.07. The average Bonchev–Trinajstić information content (AvgIpc) is 2.92. The molecule has 3 aromatic rings. The van der Waals surface area contributed by atoms with Crippen LogP contribution in [0.5, 0.6) is 5.88 Å². The summed E-state index contributed by atoms with van der Waals surface area (Å²) in [5.74, 6) is 0.630. The van der Waals surface area contributed by atoms with Crippen LogP contribution in [0.25, 0.3) is 21.6 Å². The Bertz CT molecular complexity index is 712. The third-order valence-electron chi connectivity index (χ3n) is 2.58. The number of rotatable bonds is 3. The van der Waals surface area contributed by atoms with E-state index in [1.54, 1.807) is 11.3 Å². The smallest absolute Gasteiger partial charge is 0.245 e. The predicted octanol–water partition coefficient (Wildman–Crippen LogP) is 2.73. The molecule has 0 aliphatic carbocycles. The van der Waals surface area contributed by atoms with Gasteiger partial charge in [-0.3, -0.25) is 0 Å². The van der Waals surface area contributed by atoms with Gasteiger partial charge in [0.2, 0.25) is 11.8 Å². The first-order valence-corrected chi connectivity index (χ1v) is 6.77. The molecule has 0 aliphatic heterocycles. The van der Waals surface area contributed by atoms with E-state index in [1.807, 2.05) is 36.6 Å². The molecule has 0 amide bonds. The number of nitrogens with zero attached hydrogens (tertiary/aromatic N) is 3. The summed E-state index contributed by atoms with van der Waals surface area (Å²) in [7, 11) is 0. The van der Waals surface area contributed by atoms with Gasteiger partial charge < -0.3 is 10.5 Å². The Labute approximate surface area is 114 Å². The van der Waals surface area contributed by atoms with Crippen LogP contribution in [0.3, 0.4) is 0 Å². The first-order valence-electron chi connectivity index (χ1n) is 5.89. The van der Waals surface area contributed by atoms with Gasteiger partial charge in [0, 0.05) is 0 Å². The van der Waals surface area contributed by atoms with E-state index in [4.69, 9.17) is 10.5 Å². The van der Waals surface area contributed by atoms with Crippen molar-refractivity contribution in [2.75, 3.05) is 12.3 Å². The Morgan fingerprint density at radius 3 is 2.84 bits per heavy atom. The SMILES string of the molecule is CCOc1nc(N)nc2ccc(-c3cccs3)nc12. The molecule has 6 heteroatoms. The Morgan fingerprint density at radius 1 is 1.21 bits per heavy atom. The van der Waals surface area contributed by atoms with Crippen molar-refractivity contribution < 1.29 is 4.74 Å². The number of pyridine rings is 1. The zero-order chi connectivity index (χ0) is 13.2. The van der Waals surface area contributed by atoms with Crippen LogP contribution in [-0.2, 0) is 0 Å². The van der Waals surface area contributed by atoms with Gasteiger partial charge >= 0.3 is 0 Å². The standard InChI is InChI=1S/C13H12N4OS/c1-2-18-12-11-9(16-13(14)17-12)6-5-8(15-11)10-4-3-7-19-10/h3-7H,2H2,1H3,(H2,14,16,17). The van der Waals surface area contributed by atoms with Gasteiger partial charge in [-0.05, 0) is 30.5 Å². The number of thiophene rings is 1. The number of ether oxygens (including phenoxy) is 1. The molecular weight excluding hydrogens is 260 g/mol. The maximum atomic E-state index is 5.66. The lowest BCUT2D eigenvalue weighted by atomic mass is 10.2. The molecule has 0 saturated heterocycles. The first-order chi connectivity index (χ1) is 9.28. The van der Waals surface area contributed by atoms with Crippen LogP contribution in [-0.4, -0.2) is 21.6 Å². The fourth-order valence-electron chi connectivity index (χ4n) is 1.80. The van der Waals surface area contributed by atoms with Crippen molar-refractivity contribution in [3.05, 3.63) is 29.6 Å². The minimum Gasteiger partial charge on any atom is -0.476 e. The van der Waals surface area contributed by atoms with Crippen molar-refractivity contribution in [1.29, 1.82) is 0 Å². The molecule has 0 spiro atoms. The molecular formula is C13H12N4OS. The second-order valence-corrected chi connectivity index (χ2v) is 4.81. The Kier molecular flexibility index (Phi) is 3.00. The lowest BCUT2D eigenvalue weighted by molar-refractivity contribution is 0.330. The van der Waals surface area contributed by atoms with Crippen molar-refractivity contribution in [2.24, 2.45) is 0 Å². The van der Waals surface area contributed by atoms with Crippen LogP contribution in [0.1, 0.15) is 6.92 Å². The number of nitrogen functional groups attached to an aromatic ring is 1. The zero-order valence-electron chi connectivity index (χ0n) is 10.3. The molecule has 0 aromatic carbocycles. The topological polar surface area (TPSA) is 73.9 Å². The fourth-order valence-corrected chi connectivity index (χ4v) is 2.50. The molecule has 0 saturated carbocycles. The monoisotopic (exact) mass is 272 g/mol. The molecule has 5 nitrogen and oxygen atoms in total. The molecule has 0 bridgehead atoms. The molecule has 0 unspecified atom stereocenters. The van der Waals surface area contributed by atoms with Crippen LogP contribution in [0, 0.1) is 0 Å². The molecule has 3 heterocycles. The minimum absolute atomic E-state index is 0.196. The number of anilines is 1. The summed E-state index contributed by atoms with van der Waals surface area (Å²) in [6.07, 6.45) is 0. The number of hydrogen-bond acceptors (Lipinski definition) is 6. The second kappa shape index (κ2) is 4.81. The molecule has 3 rings (SSSR count). The van der Waals surface area contributed by atoms with Crippen LogP contribution < -0.4 is 10.5 Å². The number of aromatic nitrogens is 3. The fraction of sp³-hybridized carbons (Fsp3) is 0.154. The van der Waals surface area contributed by atoms with E-state index in [0.29, 0.717) is 23.5 Å². The maximum absolute atomic E-state index is 5.66. The van der Waals surface area contributed by atoms with Gasteiger partial charge in [-0.2, -0.15) is 4.98 Å². The van der Waals surface area contributed by atoms with Gasteiger partial charge in [0.25, 0.3) is 0 Å². The summed E-state index contributed by atoms with van der Waals surface area (Å²) >= 11 is 1.64. The normalized spacial score (nSPS) is 10.8. The summed E-state index contributed by atoms with van der Waals surface area (Å²) in [5, 5.41) is 2.02. The van der Waals surface area contributed by atoms with E-state index in [2.05, 4.69) is 15.0 Å². The van der Waals surface area contributed by atoms with E-state index in [9.17, 15) is 0 Å². The van der Waals surface area contributed by atoms with Crippen molar-refractivity contribution in [3.63, 3.8) is 0 Å². The molecule has 0 aliphatic rings. The van der Waals surface area contributed by atoms with Crippen LogP contribution in [0.4, 0.5) is 5.95 Å². The highest BCUT2D eigenvalue weighted by Gasteiger charge is 2.10. The van der Waals surface area contributed by atoms with E-state index < -0.39 is 0 Å². The van der Waals surface area contributed by atoms with Gasteiger partial charge in [0.15, 0.2) is 5.52 Å². The molecule has 3 aromatic heterocycles. The molecule has 0 atom stereocenters. The van der Waals surface area contributed by atoms with Gasteiger partial charge in [-0.25, -0.2) is 9.97 Å². The molecule has 0 fully saturated rings. The lowest BCUT2D eigenvalue weighted by Crippen LogP contribution is -2.02. The number of nitrogens with two attached hydrogens (primary N) is 1. The highest BCUT2D eigenvalue weighted by Crippen LogP contribution is 2.27. The van der Waals surface area contributed by atoms with Gasteiger partial charge in [0.1, 0.15) is 0 Å². The highest BCUT2D eigenvalue weighted by molar-refractivity contribution is 7.13. The van der Waals surface area contributed by atoms with Crippen LogP contribution >= 0.6 is 11.3 Å². The van der Waals surface area contributed by atoms with E-state index in [1.165, 1.54) is 0 Å². The molecule has 2 N–H and O–H groups in total.